The van der Waals surface area contributed by atoms with Crippen LogP contribution in [-0.4, -0.2) is 39.6 Å². The van der Waals surface area contributed by atoms with Crippen molar-refractivity contribution in [1.82, 2.24) is 10.0 Å². The van der Waals surface area contributed by atoms with Gasteiger partial charge < -0.3 is 0 Å². The number of nitrogens with zero attached hydrogens (tertiary/aromatic N) is 2. The Kier molecular flexibility index (Phi) is 6.42. The zero-order valence-corrected chi connectivity index (χ0v) is 18.6. The fourth-order valence-electron chi connectivity index (χ4n) is 4.75. The highest BCUT2D eigenvalue weighted by atomic mass is 35.5. The first-order chi connectivity index (χ1) is 15.5. The van der Waals surface area contributed by atoms with Crippen LogP contribution in [0.25, 0.3) is 0 Å². The highest BCUT2D eigenvalue weighted by Crippen LogP contribution is 2.40. The fourth-order valence-corrected chi connectivity index (χ4v) is 4.97. The topological polar surface area (TPSA) is 74.8 Å². The summed E-state index contributed by atoms with van der Waals surface area (Å²) in [5.41, 5.74) is 0.553. The van der Waals surface area contributed by atoms with Crippen LogP contribution in [0, 0.1) is 11.8 Å². The Labute approximate surface area is 192 Å². The van der Waals surface area contributed by atoms with Crippen molar-refractivity contribution in [3.63, 3.8) is 0 Å². The van der Waals surface area contributed by atoms with Gasteiger partial charge in [-0.25, -0.2) is 5.01 Å². The van der Waals surface area contributed by atoms with E-state index in [2.05, 4.69) is 0 Å². The maximum Gasteiger partial charge on any atom is 0.275 e. The van der Waals surface area contributed by atoms with Crippen molar-refractivity contribution in [3.8, 4) is 0 Å². The second-order valence-electron chi connectivity index (χ2n) is 8.27. The SMILES string of the molecule is CC[C@H](C(=O)c1ccccc1)N(C(=O)c1ccccc1Cl)N1C(=O)[C@@H]2CCCC[C@H]2C1=O. The van der Waals surface area contributed by atoms with Gasteiger partial charge >= 0.3 is 0 Å². The average molecular weight is 453 g/mol. The van der Waals surface area contributed by atoms with Crippen LogP contribution in [0.3, 0.4) is 0 Å². The molecule has 0 aromatic heterocycles. The molecule has 7 heteroatoms. The van der Waals surface area contributed by atoms with Crippen molar-refractivity contribution >= 4 is 35.1 Å². The Morgan fingerprint density at radius 2 is 1.53 bits per heavy atom. The number of benzene rings is 2. The summed E-state index contributed by atoms with van der Waals surface area (Å²) in [5.74, 6) is -2.65. The van der Waals surface area contributed by atoms with Gasteiger partial charge in [-0.3, -0.25) is 19.2 Å². The van der Waals surface area contributed by atoms with Crippen molar-refractivity contribution in [1.29, 1.82) is 0 Å². The van der Waals surface area contributed by atoms with Gasteiger partial charge in [0.25, 0.3) is 17.7 Å². The molecule has 2 fully saturated rings. The Bertz CT molecular complexity index is 1030. The second kappa shape index (κ2) is 9.25. The summed E-state index contributed by atoms with van der Waals surface area (Å²) >= 11 is 6.29. The molecular formula is C25H25ClN2O4. The summed E-state index contributed by atoms with van der Waals surface area (Å²) in [6.45, 7) is 1.76. The first kappa shape index (κ1) is 22.2. The van der Waals surface area contributed by atoms with Crippen LogP contribution in [0.5, 0.6) is 0 Å². The highest BCUT2D eigenvalue weighted by Gasteiger charge is 2.53. The molecule has 32 heavy (non-hydrogen) atoms. The Morgan fingerprint density at radius 1 is 0.969 bits per heavy atom. The molecular weight excluding hydrogens is 428 g/mol. The molecule has 2 aliphatic rings. The molecule has 0 unspecified atom stereocenters. The van der Waals surface area contributed by atoms with E-state index in [1.807, 2.05) is 0 Å². The molecule has 1 aliphatic heterocycles. The lowest BCUT2D eigenvalue weighted by molar-refractivity contribution is -0.156. The molecule has 3 amide bonds. The number of hydrazine groups is 1. The molecule has 1 saturated carbocycles. The second-order valence-corrected chi connectivity index (χ2v) is 8.68. The maximum absolute atomic E-state index is 13.7. The normalized spacial score (nSPS) is 21.2. The highest BCUT2D eigenvalue weighted by molar-refractivity contribution is 6.34. The number of halogens is 1. The molecule has 0 N–H and O–H groups in total. The van der Waals surface area contributed by atoms with Crippen molar-refractivity contribution in [3.05, 3.63) is 70.7 Å². The van der Waals surface area contributed by atoms with Crippen LogP contribution in [0.2, 0.25) is 5.02 Å². The molecule has 3 atom stereocenters. The third kappa shape index (κ3) is 3.84. The van der Waals surface area contributed by atoms with Gasteiger partial charge in [-0.1, -0.05) is 73.8 Å². The predicted molar refractivity (Wildman–Crippen MR) is 120 cm³/mol. The van der Waals surface area contributed by atoms with Crippen LogP contribution in [0.4, 0.5) is 0 Å². The minimum atomic E-state index is -1.02. The van der Waals surface area contributed by atoms with E-state index < -0.39 is 35.6 Å². The summed E-state index contributed by atoms with van der Waals surface area (Å²) in [4.78, 5) is 53.9. The minimum absolute atomic E-state index is 0.143. The minimum Gasteiger partial charge on any atom is -0.292 e. The molecule has 1 aliphatic carbocycles. The van der Waals surface area contributed by atoms with E-state index in [1.54, 1.807) is 55.5 Å². The summed E-state index contributed by atoms with van der Waals surface area (Å²) in [6.07, 6.45) is 3.20. The first-order valence-corrected chi connectivity index (χ1v) is 11.4. The quantitative estimate of drug-likeness (QED) is 0.476. The molecule has 1 heterocycles. The van der Waals surface area contributed by atoms with Crippen LogP contribution in [0.1, 0.15) is 59.7 Å². The molecule has 6 nitrogen and oxygen atoms in total. The number of hydrogen-bond acceptors (Lipinski definition) is 4. The van der Waals surface area contributed by atoms with Crippen LogP contribution in [0.15, 0.2) is 54.6 Å². The smallest absolute Gasteiger partial charge is 0.275 e. The lowest BCUT2D eigenvalue weighted by Crippen LogP contribution is -2.57. The Morgan fingerprint density at radius 3 is 2.09 bits per heavy atom. The van der Waals surface area contributed by atoms with Crippen LogP contribution in [-0.2, 0) is 9.59 Å². The lowest BCUT2D eigenvalue weighted by atomic mass is 9.81. The predicted octanol–water partition coefficient (Wildman–Crippen LogP) is 4.53. The van der Waals surface area contributed by atoms with E-state index in [0.717, 1.165) is 22.9 Å². The number of hydrogen-bond donors (Lipinski definition) is 0. The van der Waals surface area contributed by atoms with E-state index in [0.29, 0.717) is 18.4 Å². The molecule has 0 spiro atoms. The van der Waals surface area contributed by atoms with Gasteiger partial charge in [0.2, 0.25) is 0 Å². The third-order valence-corrected chi connectivity index (χ3v) is 6.72. The van der Waals surface area contributed by atoms with Crippen LogP contribution < -0.4 is 0 Å². The van der Waals surface area contributed by atoms with Gasteiger partial charge in [0, 0.05) is 5.56 Å². The number of imide groups is 1. The van der Waals surface area contributed by atoms with Crippen molar-refractivity contribution in [2.45, 2.75) is 45.1 Å². The largest absolute Gasteiger partial charge is 0.292 e. The zero-order valence-electron chi connectivity index (χ0n) is 17.9. The molecule has 4 rings (SSSR count). The number of fused-ring (bicyclic) bond motifs is 1. The van der Waals surface area contributed by atoms with Gasteiger partial charge in [0.05, 0.1) is 22.4 Å². The molecule has 0 radical (unpaired) electrons. The number of Topliss-reactive ketones (excluding diaryl/α,β-unsaturated/α-hetero) is 1. The van der Waals surface area contributed by atoms with Crippen molar-refractivity contribution in [2.24, 2.45) is 11.8 Å². The number of carbonyl (C=O) groups excluding carboxylic acids is 4. The maximum atomic E-state index is 13.7. The Hall–Kier alpha value is -2.99. The van der Waals surface area contributed by atoms with E-state index in [1.165, 1.54) is 6.07 Å². The summed E-state index contributed by atoms with van der Waals surface area (Å²) in [6, 6.07) is 14.0. The van der Waals surface area contributed by atoms with Gasteiger partial charge in [-0.2, -0.15) is 5.01 Å². The lowest BCUT2D eigenvalue weighted by Gasteiger charge is -2.36. The van der Waals surface area contributed by atoms with Gasteiger partial charge in [0.1, 0.15) is 6.04 Å². The van der Waals surface area contributed by atoms with Gasteiger partial charge in [-0.15, -0.1) is 0 Å². The van der Waals surface area contributed by atoms with E-state index >= 15 is 0 Å². The number of rotatable bonds is 6. The molecule has 1 saturated heterocycles. The monoisotopic (exact) mass is 452 g/mol. The Balaban J connectivity index is 1.80. The van der Waals surface area contributed by atoms with Gasteiger partial charge in [-0.05, 0) is 31.4 Å². The number of ketones is 1. The summed E-state index contributed by atoms with van der Waals surface area (Å²) in [7, 11) is 0. The standard InChI is InChI=1S/C25H25ClN2O4/c1-2-21(22(29)16-10-4-3-5-11-16)27(25(32)19-14-8-9-15-20(19)26)28-23(30)17-12-6-7-13-18(17)24(28)31/h3-5,8-11,14-15,17-18,21H,2,6-7,12-13H2,1H3/t17-,18-,21-/m1/s1. The van der Waals surface area contributed by atoms with Gasteiger partial charge in [0.15, 0.2) is 5.78 Å². The first-order valence-electron chi connectivity index (χ1n) is 11.0. The number of amides is 3. The fraction of sp³-hybridized carbons (Fsp3) is 0.360. The molecule has 0 bridgehead atoms. The third-order valence-electron chi connectivity index (χ3n) is 6.39. The van der Waals surface area contributed by atoms with E-state index in [4.69, 9.17) is 11.6 Å². The summed E-state index contributed by atoms with van der Waals surface area (Å²) < 4.78 is 0. The zero-order chi connectivity index (χ0) is 22.8. The molecule has 2 aromatic rings. The van der Waals surface area contributed by atoms with E-state index in [9.17, 15) is 19.2 Å². The van der Waals surface area contributed by atoms with E-state index in [-0.39, 0.29) is 22.8 Å². The van der Waals surface area contributed by atoms with Crippen molar-refractivity contribution in [2.75, 3.05) is 0 Å². The van der Waals surface area contributed by atoms with Crippen molar-refractivity contribution < 1.29 is 19.2 Å². The molecule has 2 aromatic carbocycles. The number of carbonyl (C=O) groups is 4. The molecule has 166 valence electrons. The summed E-state index contributed by atoms with van der Waals surface area (Å²) in [5, 5.41) is 2.21. The van der Waals surface area contributed by atoms with Crippen LogP contribution >= 0.6 is 11.6 Å². The average Bonchev–Trinajstić information content (AvgIpc) is 3.07.